The highest BCUT2D eigenvalue weighted by molar-refractivity contribution is 6.29. The second kappa shape index (κ2) is 3.77. The first-order valence-electron chi connectivity index (χ1n) is 4.97. The van der Waals surface area contributed by atoms with Crippen LogP contribution < -0.4 is 0 Å². The summed E-state index contributed by atoms with van der Waals surface area (Å²) < 4.78 is 3.29. The van der Waals surface area contributed by atoms with Gasteiger partial charge in [-0.3, -0.25) is 0 Å². The molecule has 0 aliphatic rings. The first-order valence-corrected chi connectivity index (χ1v) is 5.35. The Labute approximate surface area is 101 Å². The molecule has 3 aromatic rings. The van der Waals surface area contributed by atoms with Crippen LogP contribution >= 0.6 is 11.6 Å². The highest BCUT2D eigenvalue weighted by Crippen LogP contribution is 2.15. The molecule has 3 heterocycles. The average molecular weight is 250 g/mol. The van der Waals surface area contributed by atoms with Gasteiger partial charge >= 0.3 is 0 Å². The molecule has 7 nitrogen and oxygen atoms in total. The molecule has 8 heteroatoms. The van der Waals surface area contributed by atoms with Crippen LogP contribution in [0.2, 0.25) is 5.15 Å². The minimum atomic E-state index is -0.113. The van der Waals surface area contributed by atoms with Crippen molar-refractivity contribution in [3.63, 3.8) is 0 Å². The van der Waals surface area contributed by atoms with Gasteiger partial charge in [0.2, 0.25) is 0 Å². The smallest absolute Gasteiger partial charge is 0.179 e. The van der Waals surface area contributed by atoms with Gasteiger partial charge in [-0.25, -0.2) is 9.67 Å². The molecule has 3 rings (SSSR count). The monoisotopic (exact) mass is 249 g/mol. The number of aromatic nitrogens is 7. The molecule has 3 aromatic heterocycles. The van der Waals surface area contributed by atoms with Crippen molar-refractivity contribution < 1.29 is 0 Å². The quantitative estimate of drug-likeness (QED) is 0.677. The van der Waals surface area contributed by atoms with E-state index in [0.717, 1.165) is 0 Å². The van der Waals surface area contributed by atoms with Gasteiger partial charge in [0.15, 0.2) is 11.5 Å². The summed E-state index contributed by atoms with van der Waals surface area (Å²) in [5.74, 6) is 0.660. The zero-order chi connectivity index (χ0) is 11.8. The molecule has 1 unspecified atom stereocenters. The van der Waals surface area contributed by atoms with Crippen LogP contribution in [0.5, 0.6) is 0 Å². The summed E-state index contributed by atoms with van der Waals surface area (Å²) in [4.78, 5) is 3.90. The maximum absolute atomic E-state index is 5.85. The molecule has 0 aliphatic carbocycles. The van der Waals surface area contributed by atoms with E-state index in [-0.39, 0.29) is 6.04 Å². The van der Waals surface area contributed by atoms with Gasteiger partial charge in [-0.2, -0.15) is 14.7 Å². The lowest BCUT2D eigenvalue weighted by molar-refractivity contribution is 0.522. The molecule has 0 bridgehead atoms. The van der Waals surface area contributed by atoms with E-state index < -0.39 is 0 Å². The third-order valence-electron chi connectivity index (χ3n) is 2.46. The topological polar surface area (TPSA) is 73.8 Å². The van der Waals surface area contributed by atoms with Crippen molar-refractivity contribution in [2.45, 2.75) is 13.0 Å². The van der Waals surface area contributed by atoms with Crippen LogP contribution in [0, 0.1) is 0 Å². The van der Waals surface area contributed by atoms with E-state index in [1.54, 1.807) is 27.7 Å². The van der Waals surface area contributed by atoms with Crippen LogP contribution in [-0.4, -0.2) is 34.6 Å². The Hall–Kier alpha value is -2.02. The van der Waals surface area contributed by atoms with E-state index in [1.165, 1.54) is 6.33 Å². The van der Waals surface area contributed by atoms with Crippen molar-refractivity contribution in [3.05, 3.63) is 35.8 Å². The molecule has 0 saturated heterocycles. The van der Waals surface area contributed by atoms with E-state index in [0.29, 0.717) is 16.6 Å². The number of fused-ring (bicyclic) bond motifs is 1. The zero-order valence-corrected chi connectivity index (χ0v) is 9.65. The van der Waals surface area contributed by atoms with Gasteiger partial charge in [-0.15, -0.1) is 10.2 Å². The fourth-order valence-electron chi connectivity index (χ4n) is 1.58. The van der Waals surface area contributed by atoms with Crippen LogP contribution in [0.3, 0.4) is 0 Å². The highest BCUT2D eigenvalue weighted by atomic mass is 35.5. The molecule has 0 aliphatic heterocycles. The summed E-state index contributed by atoms with van der Waals surface area (Å²) >= 11 is 5.85. The summed E-state index contributed by atoms with van der Waals surface area (Å²) in [6, 6.07) is 3.33. The molecule has 86 valence electrons. The Morgan fingerprint density at radius 1 is 1.29 bits per heavy atom. The van der Waals surface area contributed by atoms with Crippen molar-refractivity contribution in [1.29, 1.82) is 0 Å². The Balaban J connectivity index is 2.14. The normalized spacial score (nSPS) is 13.1. The summed E-state index contributed by atoms with van der Waals surface area (Å²) in [5.41, 5.74) is 0.649. The van der Waals surface area contributed by atoms with Crippen LogP contribution in [0.15, 0.2) is 24.8 Å². The highest BCUT2D eigenvalue weighted by Gasteiger charge is 2.16. The van der Waals surface area contributed by atoms with Gasteiger partial charge in [0, 0.05) is 0 Å². The summed E-state index contributed by atoms with van der Waals surface area (Å²) in [7, 11) is 0. The van der Waals surface area contributed by atoms with Crippen molar-refractivity contribution in [1.82, 2.24) is 34.6 Å². The molecule has 0 radical (unpaired) electrons. The summed E-state index contributed by atoms with van der Waals surface area (Å²) in [6.45, 7) is 1.94. The van der Waals surface area contributed by atoms with E-state index in [2.05, 4.69) is 25.4 Å². The van der Waals surface area contributed by atoms with Crippen LogP contribution in [0.25, 0.3) is 5.65 Å². The van der Waals surface area contributed by atoms with E-state index in [9.17, 15) is 0 Å². The standard InChI is InChI=1S/C9H8ClN7/c1-6(16-5-11-4-12-16)9-14-13-8-3-2-7(10)15-17(8)9/h2-6H,1H3. The van der Waals surface area contributed by atoms with Crippen LogP contribution in [0.1, 0.15) is 18.8 Å². The Morgan fingerprint density at radius 3 is 2.94 bits per heavy atom. The molecule has 0 fully saturated rings. The minimum Gasteiger partial charge on any atom is -0.242 e. The molecule has 0 spiro atoms. The lowest BCUT2D eigenvalue weighted by Crippen LogP contribution is -2.12. The number of hydrogen-bond acceptors (Lipinski definition) is 5. The van der Waals surface area contributed by atoms with Crippen molar-refractivity contribution >= 4 is 17.2 Å². The maximum atomic E-state index is 5.85. The lowest BCUT2D eigenvalue weighted by atomic mass is 10.3. The van der Waals surface area contributed by atoms with Gasteiger partial charge in [0.05, 0.1) is 0 Å². The third kappa shape index (κ3) is 1.64. The van der Waals surface area contributed by atoms with E-state index >= 15 is 0 Å². The minimum absolute atomic E-state index is 0.113. The Bertz CT molecular complexity index is 644. The zero-order valence-electron chi connectivity index (χ0n) is 8.90. The largest absolute Gasteiger partial charge is 0.242 e. The predicted octanol–water partition coefficient (Wildman–Crippen LogP) is 0.978. The van der Waals surface area contributed by atoms with Crippen molar-refractivity contribution in [2.75, 3.05) is 0 Å². The first-order chi connectivity index (χ1) is 8.25. The first kappa shape index (κ1) is 10.2. The fourth-order valence-corrected chi connectivity index (χ4v) is 1.72. The predicted molar refractivity (Wildman–Crippen MR) is 59.6 cm³/mol. The number of hydrogen-bond donors (Lipinski definition) is 0. The second-order valence-electron chi connectivity index (χ2n) is 3.54. The SMILES string of the molecule is CC(c1nnc2ccc(Cl)nn12)n1cncn1. The number of rotatable bonds is 2. The average Bonchev–Trinajstić information content (AvgIpc) is 2.97. The summed E-state index contributed by atoms with van der Waals surface area (Å²) in [5, 5.41) is 16.7. The molecule has 0 saturated carbocycles. The summed E-state index contributed by atoms with van der Waals surface area (Å²) in [6.07, 6.45) is 3.09. The maximum Gasteiger partial charge on any atom is 0.179 e. The van der Waals surface area contributed by atoms with Gasteiger partial charge in [0.25, 0.3) is 0 Å². The van der Waals surface area contributed by atoms with Gasteiger partial charge in [-0.05, 0) is 19.1 Å². The Morgan fingerprint density at radius 2 is 2.18 bits per heavy atom. The third-order valence-corrected chi connectivity index (χ3v) is 2.66. The van der Waals surface area contributed by atoms with Crippen LogP contribution in [-0.2, 0) is 0 Å². The van der Waals surface area contributed by atoms with Crippen LogP contribution in [0.4, 0.5) is 0 Å². The fraction of sp³-hybridized carbons (Fsp3) is 0.222. The molecule has 0 N–H and O–H groups in total. The van der Waals surface area contributed by atoms with Gasteiger partial charge in [-0.1, -0.05) is 11.6 Å². The molecular formula is C9H8ClN7. The Kier molecular flexibility index (Phi) is 2.25. The van der Waals surface area contributed by atoms with Crippen molar-refractivity contribution in [3.8, 4) is 0 Å². The molecule has 1 atom stereocenters. The molecule has 0 aromatic carbocycles. The second-order valence-corrected chi connectivity index (χ2v) is 3.92. The van der Waals surface area contributed by atoms with Gasteiger partial charge < -0.3 is 0 Å². The van der Waals surface area contributed by atoms with Crippen molar-refractivity contribution in [2.24, 2.45) is 0 Å². The molecule has 0 amide bonds. The molecular weight excluding hydrogens is 242 g/mol. The number of nitrogens with zero attached hydrogens (tertiary/aromatic N) is 7. The van der Waals surface area contributed by atoms with Gasteiger partial charge in [0.1, 0.15) is 23.8 Å². The van der Waals surface area contributed by atoms with E-state index in [1.807, 2.05) is 6.92 Å². The number of halogens is 1. The molecule has 17 heavy (non-hydrogen) atoms. The lowest BCUT2D eigenvalue weighted by Gasteiger charge is -2.08. The van der Waals surface area contributed by atoms with E-state index in [4.69, 9.17) is 11.6 Å².